The molecule has 78 valence electrons. The van der Waals surface area contributed by atoms with E-state index < -0.39 is 0 Å². The maximum atomic E-state index is 10.9. The number of carbonyl (C=O) groups is 1. The summed E-state index contributed by atoms with van der Waals surface area (Å²) in [6.07, 6.45) is 2.72. The Morgan fingerprint density at radius 3 is 2.38 bits per heavy atom. The smallest absolute Gasteiger partial charge is 0.407 e. The molecule has 0 aromatic heterocycles. The van der Waals surface area contributed by atoms with Crippen molar-refractivity contribution in [3.8, 4) is 0 Å². The standard InChI is InChI=1S/C10H21NO2/c1-5-8(3)7-9(6-2)13-10(12)11-4/h8-9H,5-7H2,1-4H3,(H,11,12)/t8-,9-/m0/s1. The summed E-state index contributed by atoms with van der Waals surface area (Å²) in [5.41, 5.74) is 0. The Hall–Kier alpha value is -0.730. The van der Waals surface area contributed by atoms with Gasteiger partial charge in [-0.05, 0) is 18.8 Å². The van der Waals surface area contributed by atoms with Gasteiger partial charge < -0.3 is 10.1 Å². The number of ether oxygens (including phenoxy) is 1. The second-order valence-corrected chi connectivity index (χ2v) is 3.43. The number of nitrogens with one attached hydrogen (secondary N) is 1. The van der Waals surface area contributed by atoms with Crippen LogP contribution in [0.1, 0.15) is 40.0 Å². The molecule has 0 unspecified atom stereocenters. The van der Waals surface area contributed by atoms with E-state index in [1.165, 1.54) is 0 Å². The SMILES string of the molecule is CC[C@H](C)C[C@H](CC)OC(=O)NC. The zero-order valence-electron chi connectivity index (χ0n) is 9.09. The van der Waals surface area contributed by atoms with E-state index in [9.17, 15) is 4.79 Å². The first-order valence-electron chi connectivity index (χ1n) is 5.02. The predicted octanol–water partition coefficient (Wildman–Crippen LogP) is 2.56. The highest BCUT2D eigenvalue weighted by molar-refractivity contribution is 5.66. The number of amides is 1. The van der Waals surface area contributed by atoms with Gasteiger partial charge >= 0.3 is 6.09 Å². The van der Waals surface area contributed by atoms with E-state index in [4.69, 9.17) is 4.74 Å². The Balaban J connectivity index is 3.81. The molecule has 1 N–H and O–H groups in total. The highest BCUT2D eigenvalue weighted by Crippen LogP contribution is 2.14. The minimum Gasteiger partial charge on any atom is -0.446 e. The first-order chi connectivity index (χ1) is 6.13. The lowest BCUT2D eigenvalue weighted by atomic mass is 10.00. The van der Waals surface area contributed by atoms with Gasteiger partial charge in [-0.2, -0.15) is 0 Å². The van der Waals surface area contributed by atoms with Crippen molar-refractivity contribution in [3.05, 3.63) is 0 Å². The van der Waals surface area contributed by atoms with Gasteiger partial charge in [-0.25, -0.2) is 4.79 Å². The summed E-state index contributed by atoms with van der Waals surface area (Å²) in [7, 11) is 1.58. The molecule has 0 saturated heterocycles. The monoisotopic (exact) mass is 187 g/mol. The summed E-state index contributed by atoms with van der Waals surface area (Å²) in [6, 6.07) is 0. The Morgan fingerprint density at radius 1 is 1.38 bits per heavy atom. The summed E-state index contributed by atoms with van der Waals surface area (Å²) < 4.78 is 5.17. The third-order valence-corrected chi connectivity index (χ3v) is 2.30. The zero-order valence-corrected chi connectivity index (χ0v) is 9.09. The number of alkyl carbamates (subject to hydrolysis) is 1. The molecule has 0 rings (SSSR count). The number of hydrogen-bond acceptors (Lipinski definition) is 2. The molecule has 0 fully saturated rings. The first-order valence-corrected chi connectivity index (χ1v) is 5.02. The van der Waals surface area contributed by atoms with E-state index in [1.807, 2.05) is 6.92 Å². The first kappa shape index (κ1) is 12.3. The molecule has 0 aliphatic heterocycles. The van der Waals surface area contributed by atoms with Crippen LogP contribution in [-0.2, 0) is 4.74 Å². The topological polar surface area (TPSA) is 38.3 Å². The fourth-order valence-electron chi connectivity index (χ4n) is 1.12. The molecule has 0 saturated carbocycles. The summed E-state index contributed by atoms with van der Waals surface area (Å²) >= 11 is 0. The van der Waals surface area contributed by atoms with E-state index >= 15 is 0 Å². The highest BCUT2D eigenvalue weighted by atomic mass is 16.6. The normalized spacial score (nSPS) is 14.8. The summed E-state index contributed by atoms with van der Waals surface area (Å²) in [5, 5.41) is 2.46. The van der Waals surface area contributed by atoms with Crippen LogP contribution in [0.4, 0.5) is 4.79 Å². The summed E-state index contributed by atoms with van der Waals surface area (Å²) in [4.78, 5) is 10.9. The Morgan fingerprint density at radius 2 is 2.00 bits per heavy atom. The van der Waals surface area contributed by atoms with E-state index in [-0.39, 0.29) is 12.2 Å². The fraction of sp³-hybridized carbons (Fsp3) is 0.900. The van der Waals surface area contributed by atoms with E-state index in [2.05, 4.69) is 19.2 Å². The van der Waals surface area contributed by atoms with Gasteiger partial charge in [0.05, 0.1) is 0 Å². The summed E-state index contributed by atoms with van der Waals surface area (Å²) in [5.74, 6) is 0.620. The molecule has 0 aromatic carbocycles. The largest absolute Gasteiger partial charge is 0.446 e. The predicted molar refractivity (Wildman–Crippen MR) is 53.7 cm³/mol. The summed E-state index contributed by atoms with van der Waals surface area (Å²) in [6.45, 7) is 6.36. The molecular weight excluding hydrogens is 166 g/mol. The fourth-order valence-corrected chi connectivity index (χ4v) is 1.12. The second kappa shape index (κ2) is 6.75. The van der Waals surface area contributed by atoms with Gasteiger partial charge in [-0.15, -0.1) is 0 Å². The molecule has 3 heteroatoms. The molecule has 3 nitrogen and oxygen atoms in total. The minimum atomic E-state index is -0.324. The Labute approximate surface area is 80.8 Å². The van der Waals surface area contributed by atoms with Crippen molar-refractivity contribution >= 4 is 6.09 Å². The van der Waals surface area contributed by atoms with Crippen LogP contribution in [0.5, 0.6) is 0 Å². The van der Waals surface area contributed by atoms with Crippen molar-refractivity contribution in [2.75, 3.05) is 7.05 Å². The van der Waals surface area contributed by atoms with Crippen molar-refractivity contribution in [2.24, 2.45) is 5.92 Å². The van der Waals surface area contributed by atoms with Crippen molar-refractivity contribution < 1.29 is 9.53 Å². The quantitative estimate of drug-likeness (QED) is 0.718. The molecular formula is C10H21NO2. The molecule has 13 heavy (non-hydrogen) atoms. The van der Waals surface area contributed by atoms with Gasteiger partial charge in [0.2, 0.25) is 0 Å². The van der Waals surface area contributed by atoms with Crippen LogP contribution in [0.15, 0.2) is 0 Å². The van der Waals surface area contributed by atoms with Crippen molar-refractivity contribution in [3.63, 3.8) is 0 Å². The molecule has 1 amide bonds. The third-order valence-electron chi connectivity index (χ3n) is 2.30. The van der Waals surface area contributed by atoms with Gasteiger partial charge in [0.25, 0.3) is 0 Å². The molecule has 0 heterocycles. The van der Waals surface area contributed by atoms with Gasteiger partial charge in [0, 0.05) is 7.05 Å². The van der Waals surface area contributed by atoms with Gasteiger partial charge in [0.15, 0.2) is 0 Å². The molecule has 0 spiro atoms. The van der Waals surface area contributed by atoms with Crippen molar-refractivity contribution in [1.82, 2.24) is 5.32 Å². The molecule has 0 radical (unpaired) electrons. The average molecular weight is 187 g/mol. The Kier molecular flexibility index (Phi) is 6.37. The van der Waals surface area contributed by atoms with Crippen LogP contribution in [0, 0.1) is 5.92 Å². The molecule has 0 aliphatic rings. The highest BCUT2D eigenvalue weighted by Gasteiger charge is 2.13. The minimum absolute atomic E-state index is 0.0647. The maximum Gasteiger partial charge on any atom is 0.407 e. The molecule has 0 aliphatic carbocycles. The lowest BCUT2D eigenvalue weighted by molar-refractivity contribution is 0.0827. The van der Waals surface area contributed by atoms with Gasteiger partial charge in [-0.1, -0.05) is 27.2 Å². The number of carbonyl (C=O) groups excluding carboxylic acids is 1. The zero-order chi connectivity index (χ0) is 10.3. The van der Waals surface area contributed by atoms with Crippen LogP contribution in [0.2, 0.25) is 0 Å². The van der Waals surface area contributed by atoms with Crippen LogP contribution in [0.25, 0.3) is 0 Å². The van der Waals surface area contributed by atoms with Gasteiger partial charge in [0.1, 0.15) is 6.10 Å². The second-order valence-electron chi connectivity index (χ2n) is 3.43. The lowest BCUT2D eigenvalue weighted by Crippen LogP contribution is -2.26. The van der Waals surface area contributed by atoms with Crippen LogP contribution in [-0.4, -0.2) is 19.2 Å². The molecule has 0 aromatic rings. The number of hydrogen-bond donors (Lipinski definition) is 1. The number of rotatable bonds is 5. The lowest BCUT2D eigenvalue weighted by Gasteiger charge is -2.18. The van der Waals surface area contributed by atoms with Gasteiger partial charge in [-0.3, -0.25) is 0 Å². The van der Waals surface area contributed by atoms with Crippen molar-refractivity contribution in [2.45, 2.75) is 46.1 Å². The van der Waals surface area contributed by atoms with E-state index in [0.717, 1.165) is 19.3 Å². The molecule has 2 atom stereocenters. The van der Waals surface area contributed by atoms with Crippen LogP contribution in [0.3, 0.4) is 0 Å². The average Bonchev–Trinajstić information content (AvgIpc) is 2.16. The third kappa shape index (κ3) is 5.50. The molecule has 0 bridgehead atoms. The van der Waals surface area contributed by atoms with Crippen LogP contribution < -0.4 is 5.32 Å². The van der Waals surface area contributed by atoms with Crippen molar-refractivity contribution in [1.29, 1.82) is 0 Å². The van der Waals surface area contributed by atoms with E-state index in [1.54, 1.807) is 7.05 Å². The maximum absolute atomic E-state index is 10.9. The Bertz CT molecular complexity index is 148. The van der Waals surface area contributed by atoms with E-state index in [0.29, 0.717) is 5.92 Å². The van der Waals surface area contributed by atoms with Crippen LogP contribution >= 0.6 is 0 Å².